The van der Waals surface area contributed by atoms with Gasteiger partial charge in [-0.25, -0.2) is 4.68 Å². The number of carbonyl (C=O) groups excluding carboxylic acids is 1. The first kappa shape index (κ1) is 20.3. The maximum atomic E-state index is 12.9. The third-order valence-electron chi connectivity index (χ3n) is 4.09. The van der Waals surface area contributed by atoms with Crippen molar-refractivity contribution in [2.75, 3.05) is 19.4 Å². The van der Waals surface area contributed by atoms with E-state index in [4.69, 9.17) is 0 Å². The van der Waals surface area contributed by atoms with Crippen molar-refractivity contribution < 1.29 is 18.0 Å². The fourth-order valence-electron chi connectivity index (χ4n) is 2.59. The van der Waals surface area contributed by atoms with Crippen LogP contribution >= 0.6 is 0 Å². The minimum absolute atomic E-state index is 0.0754. The first-order chi connectivity index (χ1) is 13.7. The summed E-state index contributed by atoms with van der Waals surface area (Å²) in [4.78, 5) is 21.8. The van der Waals surface area contributed by atoms with E-state index in [0.29, 0.717) is 5.82 Å². The Morgan fingerprint density at radius 1 is 1.17 bits per heavy atom. The Morgan fingerprint density at radius 2 is 1.90 bits per heavy atom. The number of rotatable bonds is 6. The van der Waals surface area contributed by atoms with Crippen LogP contribution in [0.3, 0.4) is 0 Å². The van der Waals surface area contributed by atoms with Gasteiger partial charge in [-0.1, -0.05) is 6.07 Å². The number of nitrogens with zero attached hydrogens (tertiary/aromatic N) is 5. The van der Waals surface area contributed by atoms with Crippen LogP contribution in [0.4, 0.5) is 24.8 Å². The lowest BCUT2D eigenvalue weighted by Crippen LogP contribution is -2.23. The number of hydrogen-bond acceptors (Lipinski definition) is 5. The summed E-state index contributed by atoms with van der Waals surface area (Å²) < 4.78 is 40.3. The molecule has 3 rings (SSSR count). The van der Waals surface area contributed by atoms with Gasteiger partial charge in [0.2, 0.25) is 11.9 Å². The molecule has 1 amide bonds. The Kier molecular flexibility index (Phi) is 5.81. The van der Waals surface area contributed by atoms with Gasteiger partial charge >= 0.3 is 6.18 Å². The molecule has 2 aromatic heterocycles. The monoisotopic (exact) mass is 404 g/mol. The lowest BCUT2D eigenvalue weighted by Gasteiger charge is -2.10. The van der Waals surface area contributed by atoms with Crippen LogP contribution in [0.15, 0.2) is 48.8 Å². The number of aryl methyl sites for hydroxylation is 1. The van der Waals surface area contributed by atoms with Crippen molar-refractivity contribution in [2.45, 2.75) is 19.1 Å². The highest BCUT2D eigenvalue weighted by Crippen LogP contribution is 2.31. The van der Waals surface area contributed by atoms with Crippen LogP contribution in [0.5, 0.6) is 0 Å². The van der Waals surface area contributed by atoms with E-state index < -0.39 is 11.7 Å². The second kappa shape index (κ2) is 8.29. The molecule has 152 valence electrons. The maximum Gasteiger partial charge on any atom is 0.416 e. The van der Waals surface area contributed by atoms with Crippen molar-refractivity contribution >= 4 is 17.5 Å². The quantitative estimate of drug-likeness (QED) is 0.680. The molecule has 1 N–H and O–H groups in total. The topological polar surface area (TPSA) is 75.9 Å². The summed E-state index contributed by atoms with van der Waals surface area (Å²) in [6.45, 7) is 0.270. The van der Waals surface area contributed by atoms with Gasteiger partial charge in [-0.05, 0) is 30.3 Å². The van der Waals surface area contributed by atoms with Gasteiger partial charge in [-0.2, -0.15) is 18.2 Å². The Bertz CT molecular complexity index is 985. The fraction of sp³-hybridized carbons (Fsp3) is 0.263. The van der Waals surface area contributed by atoms with Crippen LogP contribution in [0.2, 0.25) is 0 Å². The first-order valence-electron chi connectivity index (χ1n) is 8.74. The molecule has 3 aromatic rings. The van der Waals surface area contributed by atoms with Gasteiger partial charge in [-0.15, -0.1) is 5.10 Å². The van der Waals surface area contributed by atoms with Gasteiger partial charge in [0.1, 0.15) is 0 Å². The molecular formula is C19H19F3N6O. The van der Waals surface area contributed by atoms with Gasteiger partial charge in [0.15, 0.2) is 5.82 Å². The van der Waals surface area contributed by atoms with Crippen molar-refractivity contribution in [2.24, 2.45) is 0 Å². The number of aromatic nitrogens is 4. The Balaban J connectivity index is 1.89. The average Bonchev–Trinajstić information content (AvgIpc) is 3.09. The number of amides is 1. The largest absolute Gasteiger partial charge is 0.416 e. The van der Waals surface area contributed by atoms with Crippen LogP contribution in [0.1, 0.15) is 12.0 Å². The van der Waals surface area contributed by atoms with E-state index in [-0.39, 0.29) is 30.5 Å². The maximum absolute atomic E-state index is 12.9. The zero-order chi connectivity index (χ0) is 21.0. The van der Waals surface area contributed by atoms with E-state index in [0.717, 1.165) is 17.7 Å². The van der Waals surface area contributed by atoms with Crippen molar-refractivity contribution in [3.05, 3.63) is 54.4 Å². The van der Waals surface area contributed by atoms with Crippen LogP contribution < -0.4 is 5.32 Å². The summed E-state index contributed by atoms with van der Waals surface area (Å²) in [7, 11) is 3.32. The third-order valence-corrected chi connectivity index (χ3v) is 4.09. The molecule has 0 saturated carbocycles. The Hall–Kier alpha value is -3.43. The Labute approximate surface area is 165 Å². The lowest BCUT2D eigenvalue weighted by atomic mass is 10.2. The number of halogens is 3. The molecule has 0 unspecified atom stereocenters. The van der Waals surface area contributed by atoms with E-state index in [2.05, 4.69) is 20.4 Å². The third kappa shape index (κ3) is 5.09. The normalized spacial score (nSPS) is 11.3. The van der Waals surface area contributed by atoms with Gasteiger partial charge in [0.05, 0.1) is 12.1 Å². The molecule has 1 aromatic carbocycles. The minimum Gasteiger partial charge on any atom is -0.349 e. The molecule has 0 radical (unpaired) electrons. The standard InChI is InChI=1S/C19H19F3N6O/c1-27(2)16(29)8-11-28-17(13-6-9-23-10-7-13)25-18(26-28)24-15-5-3-4-14(12-15)19(20,21)22/h3-7,9-10,12H,8,11H2,1-2H3,(H,24,26). The molecule has 0 fully saturated rings. The Morgan fingerprint density at radius 3 is 2.55 bits per heavy atom. The molecule has 0 bridgehead atoms. The highest BCUT2D eigenvalue weighted by molar-refractivity contribution is 5.75. The number of benzene rings is 1. The van der Waals surface area contributed by atoms with E-state index >= 15 is 0 Å². The minimum atomic E-state index is -4.45. The molecule has 10 heteroatoms. The highest BCUT2D eigenvalue weighted by atomic mass is 19.4. The van der Waals surface area contributed by atoms with Crippen molar-refractivity contribution in [1.29, 1.82) is 0 Å². The van der Waals surface area contributed by atoms with Crippen LogP contribution in [0, 0.1) is 0 Å². The second-order valence-electron chi connectivity index (χ2n) is 6.46. The van der Waals surface area contributed by atoms with Crippen LogP contribution in [-0.4, -0.2) is 44.7 Å². The van der Waals surface area contributed by atoms with Crippen molar-refractivity contribution in [1.82, 2.24) is 24.6 Å². The summed E-state index contributed by atoms with van der Waals surface area (Å²) in [6, 6.07) is 8.26. The number of anilines is 2. The van der Waals surface area contributed by atoms with E-state index in [1.807, 2.05) is 0 Å². The van der Waals surface area contributed by atoms with Gasteiger partial charge in [0.25, 0.3) is 0 Å². The second-order valence-corrected chi connectivity index (χ2v) is 6.46. The summed E-state index contributed by atoms with van der Waals surface area (Å²) in [5, 5.41) is 7.13. The van der Waals surface area contributed by atoms with Gasteiger partial charge in [0, 0.05) is 44.2 Å². The zero-order valence-corrected chi connectivity index (χ0v) is 15.8. The number of hydrogen-bond donors (Lipinski definition) is 1. The predicted octanol–water partition coefficient (Wildman–Crippen LogP) is 3.58. The summed E-state index contributed by atoms with van der Waals surface area (Å²) in [5.74, 6) is 0.537. The number of nitrogens with one attached hydrogen (secondary N) is 1. The van der Waals surface area contributed by atoms with E-state index in [1.165, 1.54) is 17.0 Å². The van der Waals surface area contributed by atoms with Gasteiger partial charge in [-0.3, -0.25) is 9.78 Å². The lowest BCUT2D eigenvalue weighted by molar-refractivity contribution is -0.137. The van der Waals surface area contributed by atoms with Crippen LogP contribution in [0.25, 0.3) is 11.4 Å². The molecule has 7 nitrogen and oxygen atoms in total. The van der Waals surface area contributed by atoms with Gasteiger partial charge < -0.3 is 10.2 Å². The SMILES string of the molecule is CN(C)C(=O)CCn1nc(Nc2cccc(C(F)(F)F)c2)nc1-c1ccncc1. The summed E-state index contributed by atoms with van der Waals surface area (Å²) in [5.41, 5.74) is 0.164. The predicted molar refractivity (Wildman–Crippen MR) is 101 cm³/mol. The smallest absolute Gasteiger partial charge is 0.349 e. The molecule has 0 aliphatic heterocycles. The van der Waals surface area contributed by atoms with E-state index in [1.54, 1.807) is 43.3 Å². The number of carbonyl (C=O) groups is 1. The summed E-state index contributed by atoms with van der Waals surface area (Å²) in [6.07, 6.45) is -1.05. The number of alkyl halides is 3. The van der Waals surface area contributed by atoms with Crippen molar-refractivity contribution in [3.8, 4) is 11.4 Å². The molecule has 0 saturated heterocycles. The first-order valence-corrected chi connectivity index (χ1v) is 8.74. The molecular weight excluding hydrogens is 385 g/mol. The molecule has 29 heavy (non-hydrogen) atoms. The molecule has 0 aliphatic rings. The summed E-state index contributed by atoms with van der Waals surface area (Å²) >= 11 is 0. The van der Waals surface area contributed by atoms with Crippen LogP contribution in [-0.2, 0) is 17.5 Å². The highest BCUT2D eigenvalue weighted by Gasteiger charge is 2.30. The molecule has 0 spiro atoms. The zero-order valence-electron chi connectivity index (χ0n) is 15.8. The fourth-order valence-corrected chi connectivity index (χ4v) is 2.59. The van der Waals surface area contributed by atoms with E-state index in [9.17, 15) is 18.0 Å². The number of pyridine rings is 1. The molecule has 2 heterocycles. The molecule has 0 aliphatic carbocycles. The average molecular weight is 404 g/mol. The molecule has 0 atom stereocenters. The van der Waals surface area contributed by atoms with Crippen molar-refractivity contribution in [3.63, 3.8) is 0 Å².